The second kappa shape index (κ2) is 11.1. The number of carbonyl (C=O) groups excluding carboxylic acids is 3. The van der Waals surface area contributed by atoms with Crippen LogP contribution in [0.3, 0.4) is 0 Å². The van der Waals surface area contributed by atoms with Gasteiger partial charge >= 0.3 is 5.97 Å². The lowest BCUT2D eigenvalue weighted by Gasteiger charge is -2.06. The van der Waals surface area contributed by atoms with Gasteiger partial charge in [-0.3, -0.25) is 9.59 Å². The van der Waals surface area contributed by atoms with Crippen LogP contribution in [0.15, 0.2) is 77.9 Å². The number of ether oxygens (including phenoxy) is 1. The first kappa shape index (κ1) is 23.1. The Labute approximate surface area is 196 Å². The number of nitrogens with zero attached hydrogens (tertiary/aromatic N) is 1. The van der Waals surface area contributed by atoms with E-state index in [2.05, 4.69) is 15.8 Å². The van der Waals surface area contributed by atoms with Crippen LogP contribution in [0.1, 0.15) is 26.3 Å². The van der Waals surface area contributed by atoms with Crippen molar-refractivity contribution in [2.75, 3.05) is 6.54 Å². The van der Waals surface area contributed by atoms with Crippen molar-refractivity contribution in [3.63, 3.8) is 0 Å². The number of hydrazone groups is 1. The monoisotopic (exact) mass is 545 g/mol. The largest absolute Gasteiger partial charge is 0.423 e. The van der Waals surface area contributed by atoms with Gasteiger partial charge in [0, 0.05) is 3.57 Å². The van der Waals surface area contributed by atoms with Crippen molar-refractivity contribution in [2.45, 2.75) is 0 Å². The summed E-state index contributed by atoms with van der Waals surface area (Å²) in [4.78, 5) is 36.0. The van der Waals surface area contributed by atoms with Gasteiger partial charge < -0.3 is 10.1 Å². The van der Waals surface area contributed by atoms with Gasteiger partial charge in [0.2, 0.25) is 0 Å². The number of esters is 1. The first-order valence-electron chi connectivity index (χ1n) is 9.35. The SMILES string of the molecule is O=C(CNC(=O)c1ccccc1I)N/N=C\c1ccc(OC(=O)c2ccccc2F)cc1. The molecule has 0 bridgehead atoms. The molecule has 0 aliphatic heterocycles. The molecule has 0 spiro atoms. The van der Waals surface area contributed by atoms with Gasteiger partial charge in [-0.1, -0.05) is 24.3 Å². The minimum Gasteiger partial charge on any atom is -0.423 e. The quantitative estimate of drug-likeness (QED) is 0.156. The highest BCUT2D eigenvalue weighted by Gasteiger charge is 2.13. The molecule has 0 fully saturated rings. The summed E-state index contributed by atoms with van der Waals surface area (Å²) in [5, 5.41) is 6.35. The smallest absolute Gasteiger partial charge is 0.346 e. The molecule has 3 rings (SSSR count). The molecule has 162 valence electrons. The summed E-state index contributed by atoms with van der Waals surface area (Å²) in [7, 11) is 0. The maximum absolute atomic E-state index is 13.6. The number of amides is 2. The van der Waals surface area contributed by atoms with Crippen molar-refractivity contribution in [3.05, 3.63) is 98.9 Å². The average Bonchev–Trinajstić information content (AvgIpc) is 2.79. The normalized spacial score (nSPS) is 10.6. The lowest BCUT2D eigenvalue weighted by Crippen LogP contribution is -2.35. The van der Waals surface area contributed by atoms with Gasteiger partial charge in [-0.05, 0) is 76.7 Å². The van der Waals surface area contributed by atoms with Crippen LogP contribution in [0.25, 0.3) is 0 Å². The van der Waals surface area contributed by atoms with E-state index in [0.717, 1.165) is 3.57 Å². The summed E-state index contributed by atoms with van der Waals surface area (Å²) in [5.74, 6) is -2.07. The third-order valence-corrected chi connectivity index (χ3v) is 5.06. The molecule has 0 saturated heterocycles. The van der Waals surface area contributed by atoms with Crippen molar-refractivity contribution >= 4 is 46.6 Å². The van der Waals surface area contributed by atoms with E-state index < -0.39 is 17.7 Å². The number of hydrogen-bond donors (Lipinski definition) is 2. The molecular formula is C23H17FIN3O4. The number of carbonyl (C=O) groups is 3. The molecule has 7 nitrogen and oxygen atoms in total. The Morgan fingerprint density at radius 2 is 1.59 bits per heavy atom. The summed E-state index contributed by atoms with van der Waals surface area (Å²) < 4.78 is 19.6. The Bertz CT molecular complexity index is 1170. The van der Waals surface area contributed by atoms with Gasteiger partial charge in [0.15, 0.2) is 0 Å². The second-order valence-electron chi connectivity index (χ2n) is 6.39. The van der Waals surface area contributed by atoms with Crippen molar-refractivity contribution in [3.8, 4) is 5.75 Å². The number of benzene rings is 3. The van der Waals surface area contributed by atoms with E-state index in [1.54, 1.807) is 36.4 Å². The maximum Gasteiger partial charge on any atom is 0.346 e. The zero-order chi connectivity index (χ0) is 22.9. The van der Waals surface area contributed by atoms with Crippen LogP contribution in [-0.2, 0) is 4.79 Å². The molecule has 3 aromatic rings. The van der Waals surface area contributed by atoms with E-state index in [1.807, 2.05) is 28.7 Å². The molecule has 0 radical (unpaired) electrons. The number of halogens is 2. The fourth-order valence-corrected chi connectivity index (χ4v) is 3.16. The molecule has 0 aromatic heterocycles. The number of nitrogens with one attached hydrogen (secondary N) is 2. The Balaban J connectivity index is 1.47. The Morgan fingerprint density at radius 1 is 0.938 bits per heavy atom. The zero-order valence-corrected chi connectivity index (χ0v) is 18.7. The molecule has 0 aliphatic carbocycles. The van der Waals surface area contributed by atoms with E-state index in [9.17, 15) is 18.8 Å². The molecule has 0 heterocycles. The van der Waals surface area contributed by atoms with Gasteiger partial charge in [0.05, 0.1) is 23.9 Å². The van der Waals surface area contributed by atoms with E-state index in [1.165, 1.54) is 36.5 Å². The molecule has 0 aliphatic rings. The molecule has 2 amide bonds. The molecular weight excluding hydrogens is 528 g/mol. The van der Waals surface area contributed by atoms with Gasteiger partial charge in [-0.15, -0.1) is 0 Å². The van der Waals surface area contributed by atoms with E-state index in [4.69, 9.17) is 4.74 Å². The predicted molar refractivity (Wildman–Crippen MR) is 125 cm³/mol. The summed E-state index contributed by atoms with van der Waals surface area (Å²) in [6, 6.07) is 18.8. The second-order valence-corrected chi connectivity index (χ2v) is 7.56. The van der Waals surface area contributed by atoms with Crippen LogP contribution in [0.5, 0.6) is 5.75 Å². The topological polar surface area (TPSA) is 96.9 Å². The van der Waals surface area contributed by atoms with Crippen molar-refractivity contribution < 1.29 is 23.5 Å². The molecule has 0 atom stereocenters. The summed E-state index contributed by atoms with van der Waals surface area (Å²) >= 11 is 2.05. The maximum atomic E-state index is 13.6. The summed E-state index contributed by atoms with van der Waals surface area (Å²) in [6.45, 7) is -0.230. The van der Waals surface area contributed by atoms with E-state index >= 15 is 0 Å². The first-order valence-corrected chi connectivity index (χ1v) is 10.4. The minimum atomic E-state index is -0.802. The Hall–Kier alpha value is -3.60. The van der Waals surface area contributed by atoms with E-state index in [0.29, 0.717) is 11.1 Å². The van der Waals surface area contributed by atoms with Crippen LogP contribution in [0.2, 0.25) is 0 Å². The van der Waals surface area contributed by atoms with Gasteiger partial charge in [-0.25, -0.2) is 14.6 Å². The van der Waals surface area contributed by atoms with E-state index in [-0.39, 0.29) is 23.8 Å². The van der Waals surface area contributed by atoms with Gasteiger partial charge in [0.1, 0.15) is 11.6 Å². The average molecular weight is 545 g/mol. The summed E-state index contributed by atoms with van der Waals surface area (Å²) in [5.41, 5.74) is 3.27. The minimum absolute atomic E-state index is 0.157. The highest BCUT2D eigenvalue weighted by Crippen LogP contribution is 2.15. The Kier molecular flexibility index (Phi) is 8.03. The molecule has 0 saturated carbocycles. The highest BCUT2D eigenvalue weighted by molar-refractivity contribution is 14.1. The van der Waals surface area contributed by atoms with Crippen LogP contribution in [-0.4, -0.2) is 30.5 Å². The third kappa shape index (κ3) is 6.45. The highest BCUT2D eigenvalue weighted by atomic mass is 127. The molecule has 3 aromatic carbocycles. The first-order chi connectivity index (χ1) is 15.4. The van der Waals surface area contributed by atoms with Crippen LogP contribution < -0.4 is 15.5 Å². The third-order valence-electron chi connectivity index (χ3n) is 4.12. The fraction of sp³-hybridized carbons (Fsp3) is 0.0435. The lowest BCUT2D eigenvalue weighted by molar-refractivity contribution is -0.120. The van der Waals surface area contributed by atoms with Gasteiger partial charge in [0.25, 0.3) is 11.8 Å². The molecule has 0 unspecified atom stereocenters. The predicted octanol–water partition coefficient (Wildman–Crippen LogP) is 3.53. The van der Waals surface area contributed by atoms with Crippen LogP contribution in [0, 0.1) is 9.39 Å². The van der Waals surface area contributed by atoms with Gasteiger partial charge in [-0.2, -0.15) is 5.10 Å². The van der Waals surface area contributed by atoms with Crippen LogP contribution in [0.4, 0.5) is 4.39 Å². The fourth-order valence-electron chi connectivity index (χ4n) is 2.53. The molecule has 9 heteroatoms. The number of rotatable bonds is 7. The van der Waals surface area contributed by atoms with Crippen LogP contribution >= 0.6 is 22.6 Å². The van der Waals surface area contributed by atoms with Crippen molar-refractivity contribution in [1.82, 2.24) is 10.7 Å². The molecule has 2 N–H and O–H groups in total. The van der Waals surface area contributed by atoms with Crippen molar-refractivity contribution in [1.29, 1.82) is 0 Å². The van der Waals surface area contributed by atoms with Crippen molar-refractivity contribution in [2.24, 2.45) is 5.10 Å². The number of hydrogen-bond acceptors (Lipinski definition) is 5. The standard InChI is InChI=1S/C23H17FIN3O4/c24-19-7-3-1-5-17(19)23(31)32-16-11-9-15(10-12-16)13-27-28-21(29)14-26-22(30)18-6-2-4-8-20(18)25/h1-13H,14H2,(H,26,30)(H,28,29)/b27-13-. The zero-order valence-electron chi connectivity index (χ0n) is 16.5. The lowest BCUT2D eigenvalue weighted by atomic mass is 10.2. The summed E-state index contributed by atoms with van der Waals surface area (Å²) in [6.07, 6.45) is 1.39. The Morgan fingerprint density at radius 3 is 2.28 bits per heavy atom. The molecule has 32 heavy (non-hydrogen) atoms.